The van der Waals surface area contributed by atoms with Crippen LogP contribution in [0.3, 0.4) is 0 Å². The van der Waals surface area contributed by atoms with E-state index in [-0.39, 0.29) is 5.79 Å². The highest BCUT2D eigenvalue weighted by Crippen LogP contribution is 2.32. The second-order valence-electron chi connectivity index (χ2n) is 5.96. The van der Waals surface area contributed by atoms with Gasteiger partial charge in [0.2, 0.25) is 0 Å². The first kappa shape index (κ1) is 14.4. The molecule has 0 bridgehead atoms. The Kier molecular flexibility index (Phi) is 3.78. The van der Waals surface area contributed by atoms with E-state index in [0.29, 0.717) is 0 Å². The molecule has 5 nitrogen and oxygen atoms in total. The van der Waals surface area contributed by atoms with E-state index in [1.165, 1.54) is 4.88 Å². The molecule has 2 aromatic rings. The molecule has 1 spiro atoms. The van der Waals surface area contributed by atoms with Crippen molar-refractivity contribution in [3.05, 3.63) is 29.0 Å². The Morgan fingerprint density at radius 1 is 1.32 bits per heavy atom. The van der Waals surface area contributed by atoms with Gasteiger partial charge in [0.15, 0.2) is 16.6 Å². The molecule has 2 aliphatic rings. The fourth-order valence-corrected chi connectivity index (χ4v) is 4.12. The van der Waals surface area contributed by atoms with Crippen LogP contribution in [0, 0.1) is 6.92 Å². The molecule has 4 heterocycles. The van der Waals surface area contributed by atoms with Gasteiger partial charge in [0.25, 0.3) is 0 Å². The van der Waals surface area contributed by atoms with E-state index in [1.54, 1.807) is 11.3 Å². The van der Waals surface area contributed by atoms with E-state index in [4.69, 9.17) is 13.9 Å². The maximum absolute atomic E-state index is 5.84. The number of ether oxygens (including phenoxy) is 2. The predicted molar refractivity (Wildman–Crippen MR) is 83.7 cm³/mol. The quantitative estimate of drug-likeness (QED) is 0.870. The van der Waals surface area contributed by atoms with Crippen LogP contribution in [0.1, 0.15) is 23.5 Å². The lowest BCUT2D eigenvalue weighted by molar-refractivity contribution is -0.190. The third-order valence-electron chi connectivity index (χ3n) is 4.19. The van der Waals surface area contributed by atoms with E-state index < -0.39 is 0 Å². The normalized spacial score (nSPS) is 21.7. The Hall–Kier alpha value is -1.21. The fraction of sp³-hybridized carbons (Fsp3) is 0.562. The molecule has 22 heavy (non-hydrogen) atoms. The van der Waals surface area contributed by atoms with Crippen molar-refractivity contribution in [3.8, 4) is 10.8 Å². The lowest BCUT2D eigenvalue weighted by atomic mass is 10.0. The molecular formula is C16H20N2O3S. The smallest absolute Gasteiger partial charge is 0.181 e. The lowest BCUT2D eigenvalue weighted by Crippen LogP contribution is -2.48. The number of rotatable bonds is 3. The van der Waals surface area contributed by atoms with Crippen molar-refractivity contribution >= 4 is 11.3 Å². The van der Waals surface area contributed by atoms with Crippen LogP contribution in [-0.2, 0) is 16.0 Å². The van der Waals surface area contributed by atoms with Gasteiger partial charge in [0, 0.05) is 24.0 Å². The summed E-state index contributed by atoms with van der Waals surface area (Å²) in [6, 6.07) is 3.95. The number of thiazole rings is 1. The topological polar surface area (TPSA) is 47.7 Å². The summed E-state index contributed by atoms with van der Waals surface area (Å²) in [7, 11) is 0. The number of piperidine rings is 1. The summed E-state index contributed by atoms with van der Waals surface area (Å²) in [4.78, 5) is 8.14. The van der Waals surface area contributed by atoms with Gasteiger partial charge >= 0.3 is 0 Å². The molecule has 118 valence electrons. The third-order valence-corrected chi connectivity index (χ3v) is 5.19. The van der Waals surface area contributed by atoms with Crippen LogP contribution in [0.2, 0.25) is 0 Å². The Morgan fingerprint density at radius 2 is 2.18 bits per heavy atom. The van der Waals surface area contributed by atoms with Crippen molar-refractivity contribution in [2.45, 2.75) is 32.1 Å². The number of aryl methyl sites for hydroxylation is 1. The molecule has 0 aliphatic carbocycles. The lowest BCUT2D eigenvalue weighted by Gasteiger charge is -2.38. The van der Waals surface area contributed by atoms with Gasteiger partial charge in [-0.05, 0) is 32.0 Å². The van der Waals surface area contributed by atoms with Gasteiger partial charge in [0.1, 0.15) is 5.76 Å². The van der Waals surface area contributed by atoms with Gasteiger partial charge in [-0.15, -0.1) is 11.3 Å². The number of aromatic nitrogens is 1. The minimum atomic E-state index is -0.357. The third kappa shape index (κ3) is 2.84. The van der Waals surface area contributed by atoms with E-state index in [0.717, 1.165) is 62.2 Å². The van der Waals surface area contributed by atoms with Gasteiger partial charge in [0.05, 0.1) is 19.8 Å². The zero-order valence-electron chi connectivity index (χ0n) is 12.7. The maximum Gasteiger partial charge on any atom is 0.181 e. The van der Waals surface area contributed by atoms with Crippen LogP contribution in [0.5, 0.6) is 0 Å². The molecule has 0 atom stereocenters. The first-order valence-corrected chi connectivity index (χ1v) is 8.56. The largest absolute Gasteiger partial charge is 0.459 e. The number of nitrogens with zero attached hydrogens (tertiary/aromatic N) is 2. The molecule has 2 fully saturated rings. The SMILES string of the molecule is Cc1ccc(-c2ncc(CN3CCCC4(C3)OCCO4)s2)o1. The summed E-state index contributed by atoms with van der Waals surface area (Å²) in [6.45, 7) is 6.22. The van der Waals surface area contributed by atoms with Gasteiger partial charge in [-0.1, -0.05) is 0 Å². The highest BCUT2D eigenvalue weighted by Gasteiger charge is 2.40. The van der Waals surface area contributed by atoms with Crippen molar-refractivity contribution in [3.63, 3.8) is 0 Å². The molecule has 0 aromatic carbocycles. The van der Waals surface area contributed by atoms with E-state index in [2.05, 4.69) is 9.88 Å². The predicted octanol–water partition coefficient (Wildman–Crippen LogP) is 3.05. The van der Waals surface area contributed by atoms with E-state index >= 15 is 0 Å². The van der Waals surface area contributed by atoms with Crippen LogP contribution in [0.15, 0.2) is 22.7 Å². The molecule has 0 radical (unpaired) electrons. The van der Waals surface area contributed by atoms with E-state index in [1.807, 2.05) is 25.3 Å². The highest BCUT2D eigenvalue weighted by molar-refractivity contribution is 7.14. The van der Waals surface area contributed by atoms with Gasteiger partial charge in [-0.3, -0.25) is 4.90 Å². The maximum atomic E-state index is 5.84. The number of hydrogen-bond acceptors (Lipinski definition) is 6. The van der Waals surface area contributed by atoms with Crippen LogP contribution in [-0.4, -0.2) is 42.0 Å². The molecule has 0 saturated carbocycles. The first-order chi connectivity index (χ1) is 10.7. The monoisotopic (exact) mass is 320 g/mol. The average molecular weight is 320 g/mol. The van der Waals surface area contributed by atoms with Gasteiger partial charge < -0.3 is 13.9 Å². The number of furan rings is 1. The summed E-state index contributed by atoms with van der Waals surface area (Å²) < 4.78 is 17.3. The number of likely N-dealkylation sites (tertiary alicyclic amines) is 1. The minimum Gasteiger partial charge on any atom is -0.459 e. The van der Waals surface area contributed by atoms with Crippen LogP contribution in [0.4, 0.5) is 0 Å². The van der Waals surface area contributed by atoms with Crippen LogP contribution < -0.4 is 0 Å². The van der Waals surface area contributed by atoms with Gasteiger partial charge in [-0.25, -0.2) is 4.98 Å². The Bertz CT molecular complexity index is 645. The summed E-state index contributed by atoms with van der Waals surface area (Å²) >= 11 is 1.70. The Labute approximate surface area is 133 Å². The Balaban J connectivity index is 1.44. The zero-order valence-corrected chi connectivity index (χ0v) is 13.5. The summed E-state index contributed by atoms with van der Waals surface area (Å²) in [5.74, 6) is 1.41. The summed E-state index contributed by atoms with van der Waals surface area (Å²) in [5.41, 5.74) is 0. The van der Waals surface area contributed by atoms with Gasteiger partial charge in [-0.2, -0.15) is 0 Å². The zero-order chi connectivity index (χ0) is 15.0. The molecule has 0 unspecified atom stereocenters. The van der Waals surface area contributed by atoms with E-state index in [9.17, 15) is 0 Å². The number of hydrogen-bond donors (Lipinski definition) is 0. The molecule has 4 rings (SSSR count). The molecule has 0 amide bonds. The van der Waals surface area contributed by atoms with Crippen molar-refractivity contribution in [2.24, 2.45) is 0 Å². The van der Waals surface area contributed by atoms with Crippen LogP contribution >= 0.6 is 11.3 Å². The van der Waals surface area contributed by atoms with Crippen molar-refractivity contribution in [1.29, 1.82) is 0 Å². The highest BCUT2D eigenvalue weighted by atomic mass is 32.1. The average Bonchev–Trinajstić information content (AvgIpc) is 3.21. The van der Waals surface area contributed by atoms with Crippen molar-refractivity contribution in [2.75, 3.05) is 26.3 Å². The van der Waals surface area contributed by atoms with Crippen molar-refractivity contribution in [1.82, 2.24) is 9.88 Å². The molecular weight excluding hydrogens is 300 g/mol. The van der Waals surface area contributed by atoms with Crippen LogP contribution in [0.25, 0.3) is 10.8 Å². The standard InChI is InChI=1S/C16H20N2O3S/c1-12-3-4-14(21-12)15-17-9-13(22-15)10-18-6-2-5-16(11-18)19-7-8-20-16/h3-4,9H,2,5-8,10-11H2,1H3. The second kappa shape index (κ2) is 5.77. The fourth-order valence-electron chi connectivity index (χ4n) is 3.20. The molecule has 2 aromatic heterocycles. The molecule has 0 N–H and O–H groups in total. The molecule has 2 aliphatic heterocycles. The molecule has 2 saturated heterocycles. The Morgan fingerprint density at radius 3 is 2.95 bits per heavy atom. The summed E-state index contributed by atoms with van der Waals surface area (Å²) in [6.07, 6.45) is 4.07. The first-order valence-electron chi connectivity index (χ1n) is 7.74. The second-order valence-corrected chi connectivity index (χ2v) is 7.08. The minimum absolute atomic E-state index is 0.357. The van der Waals surface area contributed by atoms with Crippen molar-refractivity contribution < 1.29 is 13.9 Å². The summed E-state index contributed by atoms with van der Waals surface area (Å²) in [5, 5.41) is 0.947. The molecule has 6 heteroatoms.